The van der Waals surface area contributed by atoms with E-state index in [1.165, 1.54) is 35.0 Å². The number of carbonyl (C=O) groups excluding carboxylic acids is 1. The zero-order valence-corrected chi connectivity index (χ0v) is 16.5. The molecule has 0 bridgehead atoms. The highest BCUT2D eigenvalue weighted by atomic mass is 32.1. The van der Waals surface area contributed by atoms with Crippen LogP contribution in [0.2, 0.25) is 0 Å². The zero-order chi connectivity index (χ0) is 20.4. The number of hydrogen-bond donors (Lipinski definition) is 0. The summed E-state index contributed by atoms with van der Waals surface area (Å²) in [5.74, 6) is -0.554. The maximum Gasteiger partial charge on any atom is 0.294 e. The number of nitrogens with zero attached hydrogens (tertiary/aromatic N) is 1. The average Bonchev–Trinajstić information content (AvgIpc) is 3.18. The van der Waals surface area contributed by atoms with E-state index in [-0.39, 0.29) is 30.5 Å². The molecule has 0 N–H and O–H groups in total. The van der Waals surface area contributed by atoms with E-state index in [1.807, 2.05) is 35.7 Å². The number of pyridine rings is 1. The molecule has 0 fully saturated rings. The molecule has 4 rings (SSSR count). The monoisotopic (exact) mass is 407 g/mol. The van der Waals surface area contributed by atoms with E-state index < -0.39 is 5.56 Å². The summed E-state index contributed by atoms with van der Waals surface area (Å²) < 4.78 is 21.7. The van der Waals surface area contributed by atoms with Gasteiger partial charge in [0, 0.05) is 0 Å². The summed E-state index contributed by atoms with van der Waals surface area (Å²) in [5.41, 5.74) is 2.09. The molecule has 4 nitrogen and oxygen atoms in total. The Morgan fingerprint density at radius 1 is 1.07 bits per heavy atom. The first kappa shape index (κ1) is 19.1. The number of aromatic nitrogens is 1. The lowest BCUT2D eigenvalue weighted by Crippen LogP contribution is -2.25. The molecule has 0 atom stereocenters. The predicted octanol–water partition coefficient (Wildman–Crippen LogP) is 5.03. The van der Waals surface area contributed by atoms with Crippen LogP contribution in [0, 0.1) is 5.82 Å². The van der Waals surface area contributed by atoms with Gasteiger partial charge >= 0.3 is 0 Å². The summed E-state index contributed by atoms with van der Waals surface area (Å²) >= 11 is 1.38. The number of hydrogen-bond acceptors (Lipinski definition) is 4. The molecular formula is C23H18FNO3S. The molecule has 146 valence electrons. The van der Waals surface area contributed by atoms with E-state index in [0.717, 1.165) is 5.56 Å². The van der Waals surface area contributed by atoms with Crippen molar-refractivity contribution in [3.05, 3.63) is 98.9 Å². The minimum absolute atomic E-state index is 0.0349. The number of rotatable bonds is 6. The second-order valence-corrected chi connectivity index (χ2v) is 7.61. The fourth-order valence-corrected chi connectivity index (χ4v) is 4.29. The summed E-state index contributed by atoms with van der Waals surface area (Å²) in [6.45, 7) is 1.79. The maximum atomic E-state index is 13.6. The van der Waals surface area contributed by atoms with E-state index in [9.17, 15) is 14.0 Å². The lowest BCUT2D eigenvalue weighted by Gasteiger charge is -2.15. The van der Waals surface area contributed by atoms with Gasteiger partial charge in [0.15, 0.2) is 11.5 Å². The normalized spacial score (nSPS) is 11.0. The van der Waals surface area contributed by atoms with Gasteiger partial charge in [-0.1, -0.05) is 42.5 Å². The van der Waals surface area contributed by atoms with E-state index in [2.05, 4.69) is 0 Å². The Labute approximate surface area is 170 Å². The first-order valence-corrected chi connectivity index (χ1v) is 9.98. The number of ketones is 1. The van der Waals surface area contributed by atoms with Gasteiger partial charge in [0.25, 0.3) is 5.56 Å². The van der Waals surface area contributed by atoms with E-state index >= 15 is 0 Å². The number of thiophene rings is 1. The first-order chi connectivity index (χ1) is 14.0. The summed E-state index contributed by atoms with van der Waals surface area (Å²) in [4.78, 5) is 25.7. The molecule has 29 heavy (non-hydrogen) atoms. The van der Waals surface area contributed by atoms with Crippen molar-refractivity contribution in [3.63, 3.8) is 0 Å². The summed E-state index contributed by atoms with van der Waals surface area (Å²) in [6, 6.07) is 17.4. The van der Waals surface area contributed by atoms with Crippen LogP contribution >= 0.6 is 11.3 Å². The third-order valence-corrected chi connectivity index (χ3v) is 5.56. The molecular weight excluding hydrogens is 389 g/mol. The second-order valence-electron chi connectivity index (χ2n) is 6.69. The standard InChI is InChI=1S/C23H18FNO3S/c1-15(26)20-21(28-14-16-6-3-2-4-7-16)23(27)25(19-10-11-29-22(19)20)13-17-8-5-9-18(24)12-17/h2-12H,13-14H2,1H3. The molecule has 2 heterocycles. The average molecular weight is 407 g/mol. The topological polar surface area (TPSA) is 48.3 Å². The molecule has 0 amide bonds. The smallest absolute Gasteiger partial charge is 0.294 e. The van der Waals surface area contributed by atoms with Crippen LogP contribution in [0.25, 0.3) is 10.2 Å². The SMILES string of the molecule is CC(=O)c1c(OCc2ccccc2)c(=O)n(Cc2cccc(F)c2)c2ccsc12. The number of Topliss-reactive ketones (excluding diaryl/α,β-unsaturated/α-hetero) is 1. The number of halogens is 1. The van der Waals surface area contributed by atoms with Gasteiger partial charge < -0.3 is 4.74 Å². The molecule has 0 saturated carbocycles. The molecule has 0 saturated heterocycles. The highest BCUT2D eigenvalue weighted by Gasteiger charge is 2.22. The van der Waals surface area contributed by atoms with Crippen LogP contribution in [0.4, 0.5) is 4.39 Å². The van der Waals surface area contributed by atoms with Crippen LogP contribution < -0.4 is 10.3 Å². The molecule has 0 unspecified atom stereocenters. The van der Waals surface area contributed by atoms with Gasteiger partial charge in [0.1, 0.15) is 12.4 Å². The second kappa shape index (κ2) is 8.01. The van der Waals surface area contributed by atoms with Crippen LogP contribution in [0.5, 0.6) is 5.75 Å². The van der Waals surface area contributed by atoms with Gasteiger partial charge in [0.2, 0.25) is 0 Å². The Morgan fingerprint density at radius 3 is 2.55 bits per heavy atom. The largest absolute Gasteiger partial charge is 0.482 e. The molecule has 6 heteroatoms. The number of benzene rings is 2. The molecule has 2 aromatic carbocycles. The zero-order valence-electron chi connectivity index (χ0n) is 15.7. The first-order valence-electron chi connectivity index (χ1n) is 9.10. The van der Waals surface area contributed by atoms with Gasteiger partial charge in [0.05, 0.1) is 22.3 Å². The Hall–Kier alpha value is -3.25. The molecule has 2 aromatic heterocycles. The summed E-state index contributed by atoms with van der Waals surface area (Å²) in [7, 11) is 0. The fourth-order valence-electron chi connectivity index (χ4n) is 3.30. The lowest BCUT2D eigenvalue weighted by atomic mass is 10.1. The molecule has 0 aliphatic heterocycles. The number of fused-ring (bicyclic) bond motifs is 1. The van der Waals surface area contributed by atoms with E-state index in [1.54, 1.807) is 18.2 Å². The van der Waals surface area contributed by atoms with Crippen molar-refractivity contribution in [2.75, 3.05) is 0 Å². The van der Waals surface area contributed by atoms with Crippen molar-refractivity contribution in [1.82, 2.24) is 4.57 Å². The minimum atomic E-state index is -0.402. The Balaban J connectivity index is 1.84. The molecule has 0 spiro atoms. The number of ether oxygens (including phenoxy) is 1. The van der Waals surface area contributed by atoms with Gasteiger partial charge in [-0.2, -0.15) is 0 Å². The van der Waals surface area contributed by atoms with Crippen LogP contribution in [0.15, 0.2) is 70.8 Å². The fraction of sp³-hybridized carbons (Fsp3) is 0.130. The van der Waals surface area contributed by atoms with Crippen molar-refractivity contribution in [2.45, 2.75) is 20.1 Å². The van der Waals surface area contributed by atoms with Crippen LogP contribution in [0.1, 0.15) is 28.4 Å². The van der Waals surface area contributed by atoms with E-state index in [0.29, 0.717) is 21.3 Å². The quantitative estimate of drug-likeness (QED) is 0.421. The van der Waals surface area contributed by atoms with Gasteiger partial charge in [-0.15, -0.1) is 11.3 Å². The lowest BCUT2D eigenvalue weighted by molar-refractivity contribution is 0.101. The number of carbonyl (C=O) groups is 1. The van der Waals surface area contributed by atoms with Gasteiger partial charge in [-0.05, 0) is 41.6 Å². The molecule has 4 aromatic rings. The summed E-state index contributed by atoms with van der Waals surface area (Å²) in [6.07, 6.45) is 0. The van der Waals surface area contributed by atoms with Gasteiger partial charge in [-0.25, -0.2) is 4.39 Å². The maximum absolute atomic E-state index is 13.6. The highest BCUT2D eigenvalue weighted by Crippen LogP contribution is 2.30. The van der Waals surface area contributed by atoms with Crippen molar-refractivity contribution in [1.29, 1.82) is 0 Å². The minimum Gasteiger partial charge on any atom is -0.482 e. The Kier molecular flexibility index (Phi) is 5.27. The Morgan fingerprint density at radius 2 is 1.83 bits per heavy atom. The third-order valence-electron chi connectivity index (χ3n) is 4.64. The van der Waals surface area contributed by atoms with Crippen molar-refractivity contribution < 1.29 is 13.9 Å². The van der Waals surface area contributed by atoms with Crippen LogP contribution in [-0.4, -0.2) is 10.4 Å². The van der Waals surface area contributed by atoms with E-state index in [4.69, 9.17) is 4.74 Å². The van der Waals surface area contributed by atoms with Crippen LogP contribution in [-0.2, 0) is 13.2 Å². The predicted molar refractivity (Wildman–Crippen MR) is 112 cm³/mol. The van der Waals surface area contributed by atoms with Crippen molar-refractivity contribution in [3.8, 4) is 5.75 Å². The van der Waals surface area contributed by atoms with Gasteiger partial charge in [-0.3, -0.25) is 14.2 Å². The third kappa shape index (κ3) is 3.84. The molecule has 0 aliphatic rings. The molecule has 0 aliphatic carbocycles. The van der Waals surface area contributed by atoms with Crippen LogP contribution in [0.3, 0.4) is 0 Å². The molecule has 0 radical (unpaired) electrons. The van der Waals surface area contributed by atoms with Crippen molar-refractivity contribution in [2.24, 2.45) is 0 Å². The van der Waals surface area contributed by atoms with Crippen molar-refractivity contribution >= 4 is 27.3 Å². The Bertz CT molecular complexity index is 1240. The highest BCUT2D eigenvalue weighted by molar-refractivity contribution is 7.17. The summed E-state index contributed by atoms with van der Waals surface area (Å²) in [5, 5.41) is 1.83.